The van der Waals surface area contributed by atoms with Crippen LogP contribution in [-0.2, 0) is 10.1 Å². The zero-order valence-electron chi connectivity index (χ0n) is 16.1. The van der Waals surface area contributed by atoms with E-state index >= 15 is 0 Å². The van der Waals surface area contributed by atoms with Gasteiger partial charge in [-0.05, 0) is 23.8 Å². The molecule has 0 aliphatic carbocycles. The lowest BCUT2D eigenvalue weighted by atomic mass is 10.1. The van der Waals surface area contributed by atoms with Crippen molar-refractivity contribution in [2.75, 3.05) is 5.43 Å². The number of anilines is 1. The number of nitrogens with one attached hydrogen (secondary N) is 2. The highest BCUT2D eigenvalue weighted by atomic mass is 35.5. The smallest absolute Gasteiger partial charge is 0.374 e. The molecule has 0 fully saturated rings. The van der Waals surface area contributed by atoms with Crippen molar-refractivity contribution in [2.24, 2.45) is 5.10 Å². The molecule has 0 unspecified atom stereocenters. The molecule has 0 aliphatic heterocycles. The molecule has 1 heterocycles. The van der Waals surface area contributed by atoms with Gasteiger partial charge in [-0.2, -0.15) is 32.0 Å². The van der Waals surface area contributed by atoms with E-state index in [1.165, 1.54) is 12.3 Å². The van der Waals surface area contributed by atoms with Crippen molar-refractivity contribution >= 4 is 33.9 Å². The van der Waals surface area contributed by atoms with Gasteiger partial charge in [-0.15, -0.1) is 0 Å². The predicted octanol–water partition coefficient (Wildman–Crippen LogP) is 3.64. The molecule has 0 amide bonds. The lowest BCUT2D eigenvalue weighted by molar-refractivity contribution is -0.0500. The first kappa shape index (κ1) is 23.8. The average Bonchev–Trinajstić information content (AvgIpc) is 2.75. The van der Waals surface area contributed by atoms with Gasteiger partial charge in [0.25, 0.3) is 5.56 Å². The van der Waals surface area contributed by atoms with Gasteiger partial charge in [-0.25, -0.2) is 10.4 Å². The third-order valence-corrected chi connectivity index (χ3v) is 5.16. The number of aromatic nitrogens is 2. The van der Waals surface area contributed by atoms with Crippen LogP contribution in [-0.4, -0.2) is 30.1 Å². The van der Waals surface area contributed by atoms with Gasteiger partial charge in [-0.1, -0.05) is 41.9 Å². The minimum absolute atomic E-state index is 0.0866. The Labute approximate surface area is 189 Å². The first-order valence-corrected chi connectivity index (χ1v) is 10.5. The van der Waals surface area contributed by atoms with Crippen molar-refractivity contribution in [3.63, 3.8) is 0 Å². The highest BCUT2D eigenvalue weighted by Gasteiger charge is 2.48. The average molecular weight is 498 g/mol. The number of hydrogen-bond acceptors (Lipinski definition) is 8. The molecule has 0 bridgehead atoms. The molecular formula is C19H11ClF3N5O4S. The number of hydrazone groups is 1. The molecule has 14 heteroatoms. The zero-order chi connectivity index (χ0) is 24.2. The summed E-state index contributed by atoms with van der Waals surface area (Å²) >= 11 is 5.79. The molecule has 0 saturated carbocycles. The van der Waals surface area contributed by atoms with Crippen molar-refractivity contribution in [2.45, 2.75) is 5.51 Å². The lowest BCUT2D eigenvalue weighted by Gasteiger charge is -2.10. The SMILES string of the molecule is N#Cc1c(-c2ccccc2)nc(NN=Cc2ccc(OS(=O)(=O)C(F)(F)F)c(Cl)c2)[nH]c1=O. The van der Waals surface area contributed by atoms with Crippen molar-refractivity contribution in [1.29, 1.82) is 5.26 Å². The summed E-state index contributed by atoms with van der Waals surface area (Å²) in [6.45, 7) is 0. The fraction of sp³-hybridized carbons (Fsp3) is 0.0526. The van der Waals surface area contributed by atoms with Crippen LogP contribution in [0.1, 0.15) is 11.1 Å². The number of rotatable bonds is 6. The van der Waals surface area contributed by atoms with Crippen LogP contribution in [0, 0.1) is 11.3 Å². The number of halogens is 4. The van der Waals surface area contributed by atoms with Crippen LogP contribution < -0.4 is 15.2 Å². The normalized spacial score (nSPS) is 11.8. The maximum absolute atomic E-state index is 12.4. The first-order valence-electron chi connectivity index (χ1n) is 8.71. The number of nitriles is 1. The molecule has 0 radical (unpaired) electrons. The van der Waals surface area contributed by atoms with Crippen molar-refractivity contribution < 1.29 is 25.8 Å². The highest BCUT2D eigenvalue weighted by Crippen LogP contribution is 2.31. The largest absolute Gasteiger partial charge is 0.534 e. The van der Waals surface area contributed by atoms with Gasteiger partial charge in [0.2, 0.25) is 5.95 Å². The van der Waals surface area contributed by atoms with Gasteiger partial charge in [0.15, 0.2) is 5.75 Å². The van der Waals surface area contributed by atoms with E-state index in [4.69, 9.17) is 11.6 Å². The molecule has 33 heavy (non-hydrogen) atoms. The van der Waals surface area contributed by atoms with Gasteiger partial charge in [0, 0.05) is 5.56 Å². The Bertz CT molecular complexity index is 1420. The van der Waals surface area contributed by atoms with Gasteiger partial charge >= 0.3 is 15.6 Å². The monoisotopic (exact) mass is 497 g/mol. The molecular weight excluding hydrogens is 487 g/mol. The van der Waals surface area contributed by atoms with Crippen LogP contribution in [0.5, 0.6) is 5.75 Å². The van der Waals surface area contributed by atoms with E-state index in [1.54, 1.807) is 36.4 Å². The van der Waals surface area contributed by atoms with Crippen LogP contribution in [0.15, 0.2) is 58.4 Å². The number of nitrogens with zero attached hydrogens (tertiary/aromatic N) is 3. The Morgan fingerprint density at radius 2 is 1.91 bits per heavy atom. The summed E-state index contributed by atoms with van der Waals surface area (Å²) in [5.41, 5.74) is -3.11. The van der Waals surface area contributed by atoms with Gasteiger partial charge < -0.3 is 4.18 Å². The molecule has 2 aromatic carbocycles. The maximum Gasteiger partial charge on any atom is 0.534 e. The highest BCUT2D eigenvalue weighted by molar-refractivity contribution is 7.88. The standard InChI is InChI=1S/C19H11ClF3N5O4S/c20-14-8-11(6-7-15(14)32-33(30,31)19(21,22)23)10-25-28-18-26-16(12-4-2-1-3-5-12)13(9-24)17(29)27-18/h1-8,10H,(H2,26,27,28,29). The predicted molar refractivity (Wildman–Crippen MR) is 113 cm³/mol. The summed E-state index contributed by atoms with van der Waals surface area (Å²) in [5.74, 6) is -0.805. The minimum Gasteiger partial charge on any atom is -0.374 e. The van der Waals surface area contributed by atoms with E-state index in [0.717, 1.165) is 12.1 Å². The number of hydrogen-bond donors (Lipinski definition) is 2. The Hall–Kier alpha value is -3.89. The quantitative estimate of drug-likeness (QED) is 0.229. The minimum atomic E-state index is -5.87. The summed E-state index contributed by atoms with van der Waals surface area (Å²) in [4.78, 5) is 18.7. The van der Waals surface area contributed by atoms with E-state index in [9.17, 15) is 31.6 Å². The number of aromatic amines is 1. The molecule has 3 aromatic rings. The molecule has 170 valence electrons. The Balaban J connectivity index is 1.81. The van der Waals surface area contributed by atoms with Crippen LogP contribution in [0.4, 0.5) is 19.1 Å². The van der Waals surface area contributed by atoms with E-state index in [0.29, 0.717) is 5.56 Å². The van der Waals surface area contributed by atoms with Crippen molar-refractivity contribution in [3.8, 4) is 23.1 Å². The number of H-pyrrole nitrogens is 1. The van der Waals surface area contributed by atoms with Crippen LogP contribution >= 0.6 is 11.6 Å². The fourth-order valence-corrected chi connectivity index (χ4v) is 3.18. The second kappa shape index (κ2) is 9.31. The van der Waals surface area contributed by atoms with Crippen molar-refractivity contribution in [1.82, 2.24) is 9.97 Å². The van der Waals surface area contributed by atoms with E-state index < -0.39 is 32.0 Å². The van der Waals surface area contributed by atoms with E-state index in [-0.39, 0.29) is 22.8 Å². The molecule has 0 atom stereocenters. The third-order valence-electron chi connectivity index (χ3n) is 3.90. The summed E-state index contributed by atoms with van der Waals surface area (Å²) in [5, 5.41) is 12.7. The van der Waals surface area contributed by atoms with Crippen LogP contribution in [0.25, 0.3) is 11.3 Å². The molecule has 1 aromatic heterocycles. The summed E-state index contributed by atoms with van der Waals surface area (Å²) < 4.78 is 63.5. The Morgan fingerprint density at radius 3 is 2.52 bits per heavy atom. The molecule has 0 spiro atoms. The number of alkyl halides is 3. The van der Waals surface area contributed by atoms with Crippen LogP contribution in [0.2, 0.25) is 5.02 Å². The topological polar surface area (TPSA) is 137 Å². The van der Waals surface area contributed by atoms with Gasteiger partial charge in [0.05, 0.1) is 16.9 Å². The van der Waals surface area contributed by atoms with E-state index in [1.807, 2.05) is 0 Å². The first-order chi connectivity index (χ1) is 15.5. The molecule has 9 nitrogen and oxygen atoms in total. The van der Waals surface area contributed by atoms with Crippen molar-refractivity contribution in [3.05, 3.63) is 75.0 Å². The zero-order valence-corrected chi connectivity index (χ0v) is 17.7. The van der Waals surface area contributed by atoms with Crippen LogP contribution in [0.3, 0.4) is 0 Å². The second-order valence-corrected chi connectivity index (χ2v) is 8.10. The molecule has 0 saturated heterocycles. The molecule has 0 aliphatic rings. The lowest BCUT2D eigenvalue weighted by Crippen LogP contribution is -2.28. The molecule has 2 N–H and O–H groups in total. The maximum atomic E-state index is 12.4. The van der Waals surface area contributed by atoms with E-state index in [2.05, 4.69) is 24.7 Å². The van der Waals surface area contributed by atoms with Gasteiger partial charge in [-0.3, -0.25) is 9.78 Å². The third kappa shape index (κ3) is 5.48. The summed E-state index contributed by atoms with van der Waals surface area (Å²) in [6.07, 6.45) is 1.17. The Kier molecular flexibility index (Phi) is 6.70. The Morgan fingerprint density at radius 1 is 1.21 bits per heavy atom. The summed E-state index contributed by atoms with van der Waals surface area (Å²) in [7, 11) is -5.87. The fourth-order valence-electron chi connectivity index (χ4n) is 2.43. The number of benzene rings is 2. The molecule has 3 rings (SSSR count). The van der Waals surface area contributed by atoms with Gasteiger partial charge in [0.1, 0.15) is 11.6 Å². The second-order valence-electron chi connectivity index (χ2n) is 6.16. The summed E-state index contributed by atoms with van der Waals surface area (Å²) in [6, 6.07) is 13.5.